The number of anilines is 1. The second kappa shape index (κ2) is 9.12. The molecule has 0 heterocycles. The van der Waals surface area contributed by atoms with E-state index in [0.29, 0.717) is 13.1 Å². The Hall–Kier alpha value is -2.95. The highest BCUT2D eigenvalue weighted by atomic mass is 16.3. The topological polar surface area (TPSA) is 43.8 Å². The van der Waals surface area contributed by atoms with Gasteiger partial charge in [-0.25, -0.2) is 10.0 Å². The summed E-state index contributed by atoms with van der Waals surface area (Å²) in [5, 5.41) is 13.6. The lowest BCUT2D eigenvalue weighted by Gasteiger charge is -2.36. The molecule has 1 amide bonds. The third kappa shape index (κ3) is 5.03. The number of carbonyl (C=O) groups excluding carboxylic acids is 1. The van der Waals surface area contributed by atoms with Crippen molar-refractivity contribution in [1.29, 1.82) is 0 Å². The van der Waals surface area contributed by atoms with Gasteiger partial charge in [0.1, 0.15) is 6.10 Å². The average molecular weight is 360 g/mol. The maximum Gasteiger partial charge on any atom is 0.270 e. The molecule has 0 radical (unpaired) electrons. The molecule has 0 saturated heterocycles. The standard InChI is InChI=1S/C23H24N2O2/c1-19(26)23(27)25(22-15-9-4-10-16-22)24(17-20-11-5-2-6-12-20)18-21-13-7-3-8-14-21/h2-16,19,26H,17-18H2,1H3. The van der Waals surface area contributed by atoms with Crippen LogP contribution in [0, 0.1) is 0 Å². The Morgan fingerprint density at radius 1 is 0.778 bits per heavy atom. The van der Waals surface area contributed by atoms with Crippen LogP contribution in [0.5, 0.6) is 0 Å². The number of rotatable bonds is 7. The first-order chi connectivity index (χ1) is 13.1. The summed E-state index contributed by atoms with van der Waals surface area (Å²) < 4.78 is 0. The van der Waals surface area contributed by atoms with E-state index >= 15 is 0 Å². The molecule has 0 aliphatic rings. The van der Waals surface area contributed by atoms with Crippen molar-refractivity contribution in [2.45, 2.75) is 26.1 Å². The van der Waals surface area contributed by atoms with Crippen molar-refractivity contribution in [3.63, 3.8) is 0 Å². The first kappa shape index (κ1) is 18.8. The van der Waals surface area contributed by atoms with Crippen LogP contribution in [0.1, 0.15) is 18.1 Å². The Morgan fingerprint density at radius 3 is 1.59 bits per heavy atom. The summed E-state index contributed by atoms with van der Waals surface area (Å²) in [6.45, 7) is 2.59. The van der Waals surface area contributed by atoms with Gasteiger partial charge in [0.25, 0.3) is 5.91 Å². The Labute approximate surface area is 160 Å². The van der Waals surface area contributed by atoms with Crippen LogP contribution in [-0.4, -0.2) is 22.1 Å². The fourth-order valence-electron chi connectivity index (χ4n) is 2.96. The smallest absolute Gasteiger partial charge is 0.270 e. The van der Waals surface area contributed by atoms with Crippen LogP contribution in [0.25, 0.3) is 0 Å². The highest BCUT2D eigenvalue weighted by molar-refractivity contribution is 5.95. The highest BCUT2D eigenvalue weighted by Gasteiger charge is 2.26. The maximum atomic E-state index is 12.9. The van der Waals surface area contributed by atoms with Crippen molar-refractivity contribution in [3.05, 3.63) is 102 Å². The molecule has 0 aromatic heterocycles. The summed E-state index contributed by atoms with van der Waals surface area (Å²) in [7, 11) is 0. The van der Waals surface area contributed by atoms with Gasteiger partial charge in [0.05, 0.1) is 5.69 Å². The van der Waals surface area contributed by atoms with Crippen molar-refractivity contribution in [2.24, 2.45) is 0 Å². The van der Waals surface area contributed by atoms with Crippen LogP contribution in [-0.2, 0) is 17.9 Å². The van der Waals surface area contributed by atoms with Gasteiger partial charge in [0.15, 0.2) is 0 Å². The average Bonchev–Trinajstić information content (AvgIpc) is 2.70. The zero-order chi connectivity index (χ0) is 19.1. The van der Waals surface area contributed by atoms with E-state index in [1.54, 1.807) is 5.01 Å². The third-order valence-electron chi connectivity index (χ3n) is 4.27. The molecule has 1 atom stereocenters. The Bertz CT molecular complexity index is 795. The summed E-state index contributed by atoms with van der Waals surface area (Å²) in [5.41, 5.74) is 2.91. The minimum absolute atomic E-state index is 0.354. The quantitative estimate of drug-likeness (QED) is 0.647. The largest absolute Gasteiger partial charge is 0.383 e. The Morgan fingerprint density at radius 2 is 1.19 bits per heavy atom. The third-order valence-corrected chi connectivity index (χ3v) is 4.27. The molecule has 0 fully saturated rings. The van der Waals surface area contributed by atoms with Gasteiger partial charge in [-0.15, -0.1) is 0 Å². The molecule has 4 heteroatoms. The van der Waals surface area contributed by atoms with Gasteiger partial charge in [-0.2, -0.15) is 0 Å². The fraction of sp³-hybridized carbons (Fsp3) is 0.174. The molecule has 0 aliphatic carbocycles. The number of carbonyl (C=O) groups is 1. The van der Waals surface area contributed by atoms with Crippen LogP contribution < -0.4 is 5.01 Å². The van der Waals surface area contributed by atoms with E-state index < -0.39 is 6.10 Å². The summed E-state index contributed by atoms with van der Waals surface area (Å²) in [4.78, 5) is 12.9. The lowest BCUT2D eigenvalue weighted by molar-refractivity contribution is -0.129. The molecular formula is C23H24N2O2. The van der Waals surface area contributed by atoms with Gasteiger partial charge in [-0.1, -0.05) is 78.9 Å². The normalized spacial score (nSPS) is 12.0. The molecule has 0 bridgehead atoms. The van der Waals surface area contributed by atoms with E-state index in [1.165, 1.54) is 6.92 Å². The number of aliphatic hydroxyl groups is 1. The summed E-state index contributed by atoms with van der Waals surface area (Å²) in [5.74, 6) is -0.354. The lowest BCUT2D eigenvalue weighted by atomic mass is 10.2. The molecule has 0 saturated carbocycles. The number of hydrogen-bond donors (Lipinski definition) is 1. The number of nitrogens with zero attached hydrogens (tertiary/aromatic N) is 2. The van der Waals surface area contributed by atoms with Gasteiger partial charge < -0.3 is 5.11 Å². The zero-order valence-corrected chi connectivity index (χ0v) is 15.4. The Balaban J connectivity index is 1.99. The minimum atomic E-state index is -1.10. The predicted molar refractivity (Wildman–Crippen MR) is 108 cm³/mol. The van der Waals surface area contributed by atoms with E-state index in [0.717, 1.165) is 16.8 Å². The number of para-hydroxylation sites is 1. The number of amides is 1. The molecule has 1 N–H and O–H groups in total. The molecular weight excluding hydrogens is 336 g/mol. The van der Waals surface area contributed by atoms with Crippen molar-refractivity contribution in [1.82, 2.24) is 5.01 Å². The first-order valence-electron chi connectivity index (χ1n) is 9.05. The van der Waals surface area contributed by atoms with E-state index in [4.69, 9.17) is 0 Å². The van der Waals surface area contributed by atoms with E-state index in [1.807, 2.05) is 96.0 Å². The number of hydrazine groups is 1. The Kier molecular flexibility index (Phi) is 6.36. The lowest BCUT2D eigenvalue weighted by Crippen LogP contribution is -2.49. The van der Waals surface area contributed by atoms with Gasteiger partial charge in [0, 0.05) is 13.1 Å². The van der Waals surface area contributed by atoms with Crippen LogP contribution in [0.4, 0.5) is 5.69 Å². The SMILES string of the molecule is CC(O)C(=O)N(c1ccccc1)N(Cc1ccccc1)Cc1ccccc1. The van der Waals surface area contributed by atoms with Crippen molar-refractivity contribution in [3.8, 4) is 0 Å². The molecule has 0 spiro atoms. The van der Waals surface area contributed by atoms with Crippen LogP contribution in [0.2, 0.25) is 0 Å². The van der Waals surface area contributed by atoms with E-state index in [-0.39, 0.29) is 5.91 Å². The van der Waals surface area contributed by atoms with Crippen LogP contribution >= 0.6 is 0 Å². The zero-order valence-electron chi connectivity index (χ0n) is 15.4. The highest BCUT2D eigenvalue weighted by Crippen LogP contribution is 2.22. The van der Waals surface area contributed by atoms with Gasteiger partial charge in [-0.3, -0.25) is 4.79 Å². The molecule has 3 rings (SSSR count). The first-order valence-corrected chi connectivity index (χ1v) is 9.05. The summed E-state index contributed by atoms with van der Waals surface area (Å²) in [6, 6.07) is 29.5. The molecule has 0 aliphatic heterocycles. The molecule has 3 aromatic rings. The minimum Gasteiger partial charge on any atom is -0.383 e. The van der Waals surface area contributed by atoms with Crippen molar-refractivity contribution < 1.29 is 9.90 Å². The van der Waals surface area contributed by atoms with Crippen LogP contribution in [0.15, 0.2) is 91.0 Å². The molecule has 27 heavy (non-hydrogen) atoms. The van der Waals surface area contributed by atoms with Gasteiger partial charge >= 0.3 is 0 Å². The number of aliphatic hydroxyl groups excluding tert-OH is 1. The molecule has 4 nitrogen and oxygen atoms in total. The monoisotopic (exact) mass is 360 g/mol. The van der Waals surface area contributed by atoms with E-state index in [9.17, 15) is 9.90 Å². The number of hydrogen-bond acceptors (Lipinski definition) is 3. The fourth-order valence-corrected chi connectivity index (χ4v) is 2.96. The van der Waals surface area contributed by atoms with Gasteiger partial charge in [-0.05, 0) is 30.2 Å². The second-order valence-corrected chi connectivity index (χ2v) is 6.46. The van der Waals surface area contributed by atoms with Gasteiger partial charge in [0.2, 0.25) is 0 Å². The van der Waals surface area contributed by atoms with Crippen molar-refractivity contribution in [2.75, 3.05) is 5.01 Å². The van der Waals surface area contributed by atoms with Crippen LogP contribution in [0.3, 0.4) is 0 Å². The summed E-state index contributed by atoms with van der Waals surface area (Å²) in [6.07, 6.45) is -1.10. The molecule has 1 unspecified atom stereocenters. The maximum absolute atomic E-state index is 12.9. The van der Waals surface area contributed by atoms with E-state index in [2.05, 4.69) is 0 Å². The molecule has 138 valence electrons. The predicted octanol–water partition coefficient (Wildman–Crippen LogP) is 4.02. The summed E-state index contributed by atoms with van der Waals surface area (Å²) >= 11 is 0. The second-order valence-electron chi connectivity index (χ2n) is 6.46. The molecule has 3 aromatic carbocycles. The number of benzene rings is 3. The van der Waals surface area contributed by atoms with Crippen molar-refractivity contribution >= 4 is 11.6 Å².